The van der Waals surface area contributed by atoms with Crippen molar-refractivity contribution in [1.82, 2.24) is 0 Å². The normalized spacial score (nSPS) is 17.1. The lowest BCUT2D eigenvalue weighted by molar-refractivity contribution is 0.199. The van der Waals surface area contributed by atoms with Gasteiger partial charge in [-0.3, -0.25) is 0 Å². The Morgan fingerprint density at radius 3 is 2.56 bits per heavy atom. The average Bonchev–Trinajstić information content (AvgIpc) is 2.29. The van der Waals surface area contributed by atoms with Gasteiger partial charge < -0.3 is 15.7 Å². The minimum absolute atomic E-state index is 0.420. The molecule has 0 spiro atoms. The number of benzene rings is 1. The highest BCUT2D eigenvalue weighted by Gasteiger charge is 2.07. The number of hydrogen-bond donors (Lipinski definition) is 2. The van der Waals surface area contributed by atoms with Crippen molar-refractivity contribution in [2.45, 2.75) is 13.0 Å². The molecule has 0 amide bonds. The van der Waals surface area contributed by atoms with Crippen molar-refractivity contribution in [2.75, 3.05) is 11.4 Å². The fraction of sp³-hybridized carbons (Fsp3) is 0.231. The first-order valence-electron chi connectivity index (χ1n) is 5.34. The van der Waals surface area contributed by atoms with Gasteiger partial charge in [0.05, 0.1) is 12.6 Å². The summed E-state index contributed by atoms with van der Waals surface area (Å²) in [4.78, 5) is 2.07. The molecule has 0 radical (unpaired) electrons. The maximum Gasteiger partial charge on any atom is 0.0761 e. The summed E-state index contributed by atoms with van der Waals surface area (Å²) in [5, 5.41) is 9.41. The zero-order valence-corrected chi connectivity index (χ0v) is 9.30. The molecule has 0 aliphatic carbocycles. The highest BCUT2D eigenvalue weighted by Crippen LogP contribution is 2.20. The second kappa shape index (κ2) is 4.41. The van der Waals surface area contributed by atoms with Crippen molar-refractivity contribution in [3.05, 3.63) is 53.9 Å². The molecule has 1 aliphatic heterocycles. The fourth-order valence-corrected chi connectivity index (χ4v) is 1.69. The monoisotopic (exact) mass is 216 g/mol. The van der Waals surface area contributed by atoms with Crippen LogP contribution < -0.4 is 10.6 Å². The summed E-state index contributed by atoms with van der Waals surface area (Å²) < 4.78 is 0. The van der Waals surface area contributed by atoms with Crippen LogP contribution in [0.15, 0.2) is 48.3 Å². The van der Waals surface area contributed by atoms with Gasteiger partial charge in [-0.15, -0.1) is 0 Å². The van der Waals surface area contributed by atoms with Gasteiger partial charge in [-0.25, -0.2) is 0 Å². The van der Waals surface area contributed by atoms with Gasteiger partial charge in [0.2, 0.25) is 0 Å². The van der Waals surface area contributed by atoms with E-state index in [0.717, 1.165) is 16.9 Å². The van der Waals surface area contributed by atoms with Gasteiger partial charge in [-0.2, -0.15) is 0 Å². The van der Waals surface area contributed by atoms with Crippen LogP contribution in [-0.4, -0.2) is 11.7 Å². The van der Waals surface area contributed by atoms with Crippen molar-refractivity contribution >= 4 is 5.69 Å². The van der Waals surface area contributed by atoms with Crippen LogP contribution in [0.25, 0.3) is 0 Å². The first kappa shape index (κ1) is 10.8. The van der Waals surface area contributed by atoms with E-state index in [1.54, 1.807) is 6.92 Å². The SMILES string of the molecule is CC(O)c1ccc(N2C=CC=C(N)C2)cc1. The molecule has 0 saturated carbocycles. The van der Waals surface area contributed by atoms with E-state index in [1.165, 1.54) is 0 Å². The summed E-state index contributed by atoms with van der Waals surface area (Å²) in [5.74, 6) is 0. The predicted molar refractivity (Wildman–Crippen MR) is 65.8 cm³/mol. The van der Waals surface area contributed by atoms with Crippen molar-refractivity contribution in [3.63, 3.8) is 0 Å². The molecule has 0 saturated heterocycles. The highest BCUT2D eigenvalue weighted by atomic mass is 16.3. The van der Waals surface area contributed by atoms with Crippen molar-refractivity contribution in [1.29, 1.82) is 0 Å². The van der Waals surface area contributed by atoms with E-state index >= 15 is 0 Å². The summed E-state index contributed by atoms with van der Waals surface area (Å²) in [6.07, 6.45) is 5.41. The fourth-order valence-electron chi connectivity index (χ4n) is 1.69. The lowest BCUT2D eigenvalue weighted by Gasteiger charge is -2.23. The lowest BCUT2D eigenvalue weighted by atomic mass is 10.1. The Hall–Kier alpha value is -1.74. The second-order valence-electron chi connectivity index (χ2n) is 3.98. The molecule has 1 atom stereocenters. The highest BCUT2D eigenvalue weighted by molar-refractivity contribution is 5.53. The van der Waals surface area contributed by atoms with Gasteiger partial charge in [0, 0.05) is 17.6 Å². The molecule has 84 valence electrons. The molecule has 1 unspecified atom stereocenters. The minimum atomic E-state index is -0.420. The molecule has 0 fully saturated rings. The summed E-state index contributed by atoms with van der Waals surface area (Å²) in [7, 11) is 0. The average molecular weight is 216 g/mol. The van der Waals surface area contributed by atoms with Crippen LogP contribution in [-0.2, 0) is 0 Å². The summed E-state index contributed by atoms with van der Waals surface area (Å²) in [6.45, 7) is 2.47. The number of nitrogens with zero attached hydrogens (tertiary/aromatic N) is 1. The van der Waals surface area contributed by atoms with E-state index < -0.39 is 6.10 Å². The Kier molecular flexibility index (Phi) is 2.97. The standard InChI is InChI=1S/C13H16N2O/c1-10(16)11-4-6-13(7-5-11)15-8-2-3-12(14)9-15/h2-8,10,16H,9,14H2,1H3. The van der Waals surface area contributed by atoms with Gasteiger partial charge in [0.15, 0.2) is 0 Å². The Balaban J connectivity index is 2.17. The van der Waals surface area contributed by atoms with Crippen molar-refractivity contribution < 1.29 is 5.11 Å². The van der Waals surface area contributed by atoms with Crippen LogP contribution in [0.3, 0.4) is 0 Å². The van der Waals surface area contributed by atoms with Crippen molar-refractivity contribution in [3.8, 4) is 0 Å². The first-order chi connectivity index (χ1) is 7.66. The lowest BCUT2D eigenvalue weighted by Crippen LogP contribution is -2.24. The predicted octanol–water partition coefficient (Wildman–Crippen LogP) is 1.92. The minimum Gasteiger partial charge on any atom is -0.401 e. The van der Waals surface area contributed by atoms with Crippen LogP contribution >= 0.6 is 0 Å². The smallest absolute Gasteiger partial charge is 0.0761 e. The summed E-state index contributed by atoms with van der Waals surface area (Å²) >= 11 is 0. The molecular weight excluding hydrogens is 200 g/mol. The number of nitrogens with two attached hydrogens (primary N) is 1. The van der Waals surface area contributed by atoms with Gasteiger partial charge in [0.25, 0.3) is 0 Å². The second-order valence-corrected chi connectivity index (χ2v) is 3.98. The molecule has 1 aromatic carbocycles. The molecule has 3 heteroatoms. The Labute approximate surface area is 95.5 Å². The van der Waals surface area contributed by atoms with Crippen LogP contribution in [0, 0.1) is 0 Å². The molecule has 0 aromatic heterocycles. The maximum absolute atomic E-state index is 9.41. The summed E-state index contributed by atoms with van der Waals surface area (Å²) in [5.41, 5.74) is 8.62. The van der Waals surface area contributed by atoms with Crippen LogP contribution in [0.5, 0.6) is 0 Å². The van der Waals surface area contributed by atoms with E-state index in [0.29, 0.717) is 6.54 Å². The van der Waals surface area contributed by atoms with E-state index in [-0.39, 0.29) is 0 Å². The quantitative estimate of drug-likeness (QED) is 0.794. The zero-order valence-electron chi connectivity index (χ0n) is 9.30. The van der Waals surface area contributed by atoms with Crippen LogP contribution in [0.4, 0.5) is 5.69 Å². The molecule has 2 rings (SSSR count). The van der Waals surface area contributed by atoms with Crippen LogP contribution in [0.2, 0.25) is 0 Å². The third-order valence-electron chi connectivity index (χ3n) is 2.64. The molecule has 0 bridgehead atoms. The summed E-state index contributed by atoms with van der Waals surface area (Å²) in [6, 6.07) is 7.85. The number of hydrogen-bond acceptors (Lipinski definition) is 3. The number of anilines is 1. The zero-order chi connectivity index (χ0) is 11.5. The molecule has 1 aliphatic rings. The van der Waals surface area contributed by atoms with Gasteiger partial charge >= 0.3 is 0 Å². The topological polar surface area (TPSA) is 49.5 Å². The third-order valence-corrected chi connectivity index (χ3v) is 2.64. The Bertz CT molecular complexity index is 418. The van der Waals surface area contributed by atoms with E-state index in [1.807, 2.05) is 42.6 Å². The van der Waals surface area contributed by atoms with E-state index in [4.69, 9.17) is 5.73 Å². The van der Waals surface area contributed by atoms with Gasteiger partial charge in [0.1, 0.15) is 0 Å². The Morgan fingerprint density at radius 1 is 1.31 bits per heavy atom. The maximum atomic E-state index is 9.41. The van der Waals surface area contributed by atoms with Gasteiger partial charge in [-0.1, -0.05) is 12.1 Å². The third kappa shape index (κ3) is 2.25. The number of allylic oxidation sites excluding steroid dienone is 2. The molecule has 3 N–H and O–H groups in total. The molecular formula is C13H16N2O. The number of rotatable bonds is 2. The van der Waals surface area contributed by atoms with Gasteiger partial charge in [-0.05, 0) is 36.8 Å². The molecule has 1 aromatic rings. The molecule has 3 nitrogen and oxygen atoms in total. The molecule has 1 heterocycles. The first-order valence-corrected chi connectivity index (χ1v) is 5.34. The molecule has 16 heavy (non-hydrogen) atoms. The van der Waals surface area contributed by atoms with Crippen LogP contribution in [0.1, 0.15) is 18.6 Å². The van der Waals surface area contributed by atoms with Crippen molar-refractivity contribution in [2.24, 2.45) is 5.73 Å². The van der Waals surface area contributed by atoms with E-state index in [2.05, 4.69) is 4.90 Å². The van der Waals surface area contributed by atoms with E-state index in [9.17, 15) is 5.11 Å². The number of aliphatic hydroxyl groups excluding tert-OH is 1. The Morgan fingerprint density at radius 2 is 2.00 bits per heavy atom. The largest absolute Gasteiger partial charge is 0.401 e. The number of aliphatic hydroxyl groups is 1.